The molecule has 0 unspecified atom stereocenters. The number of carbonyl (C=O) groups excluding carboxylic acids is 1. The van der Waals surface area contributed by atoms with Crippen molar-refractivity contribution in [1.29, 1.82) is 0 Å². The van der Waals surface area contributed by atoms with E-state index in [1.54, 1.807) is 0 Å². The summed E-state index contributed by atoms with van der Waals surface area (Å²) >= 11 is 0. The van der Waals surface area contributed by atoms with Gasteiger partial charge in [0.25, 0.3) is 0 Å². The number of piperidine rings is 1. The van der Waals surface area contributed by atoms with E-state index in [4.69, 9.17) is 4.74 Å². The van der Waals surface area contributed by atoms with Gasteiger partial charge in [0.1, 0.15) is 5.75 Å². The number of piperazine rings is 1. The van der Waals surface area contributed by atoms with Crippen LogP contribution in [0.15, 0.2) is 24.3 Å². The van der Waals surface area contributed by atoms with Gasteiger partial charge in [0.15, 0.2) is 0 Å². The third-order valence-electron chi connectivity index (χ3n) is 5.72. The first kappa shape index (κ1) is 19.0. The average Bonchev–Trinajstić information content (AvgIpc) is 2.63. The number of nitrogens with zero attached hydrogens (tertiary/aromatic N) is 3. The van der Waals surface area contributed by atoms with Gasteiger partial charge in [0.2, 0.25) is 5.91 Å². The Hall–Kier alpha value is -1.75. The minimum atomic E-state index is 0.299. The van der Waals surface area contributed by atoms with Gasteiger partial charge in [-0.1, -0.05) is 12.1 Å². The normalized spacial score (nSPS) is 24.6. The molecule has 0 N–H and O–H groups in total. The van der Waals surface area contributed by atoms with Crippen LogP contribution < -0.4 is 9.64 Å². The lowest BCUT2D eigenvalue weighted by atomic mass is 9.97. The summed E-state index contributed by atoms with van der Waals surface area (Å²) in [7, 11) is 0. The second-order valence-corrected chi connectivity index (χ2v) is 7.59. The molecule has 0 aliphatic carbocycles. The van der Waals surface area contributed by atoms with E-state index in [1.165, 1.54) is 12.1 Å². The molecule has 26 heavy (non-hydrogen) atoms. The molecule has 5 heteroatoms. The number of hydrogen-bond donors (Lipinski definition) is 0. The third kappa shape index (κ3) is 4.32. The molecule has 3 rings (SSSR count). The average molecular weight is 360 g/mol. The number of ether oxygens (including phenoxy) is 1. The minimum absolute atomic E-state index is 0.299. The molecule has 0 spiro atoms. The first-order chi connectivity index (χ1) is 12.6. The molecule has 0 bridgehead atoms. The Morgan fingerprint density at radius 2 is 1.73 bits per heavy atom. The fraction of sp³-hybridized carbons (Fsp3) is 0.667. The van der Waals surface area contributed by atoms with E-state index >= 15 is 0 Å². The van der Waals surface area contributed by atoms with Crippen LogP contribution in [-0.2, 0) is 4.79 Å². The van der Waals surface area contributed by atoms with Crippen molar-refractivity contribution in [3.63, 3.8) is 0 Å². The second kappa shape index (κ2) is 8.76. The van der Waals surface area contributed by atoms with Crippen molar-refractivity contribution >= 4 is 11.6 Å². The Bertz CT molecular complexity index is 589. The van der Waals surface area contributed by atoms with Crippen LogP contribution in [-0.4, -0.2) is 67.1 Å². The number of amides is 1. The molecule has 5 nitrogen and oxygen atoms in total. The van der Waals surface area contributed by atoms with E-state index in [9.17, 15) is 4.79 Å². The van der Waals surface area contributed by atoms with Crippen LogP contribution in [0.1, 0.15) is 40.0 Å². The van der Waals surface area contributed by atoms with Crippen molar-refractivity contribution < 1.29 is 9.53 Å². The van der Waals surface area contributed by atoms with Crippen molar-refractivity contribution in [1.82, 2.24) is 9.80 Å². The summed E-state index contributed by atoms with van der Waals surface area (Å²) in [6, 6.07) is 9.00. The Morgan fingerprint density at radius 3 is 2.38 bits per heavy atom. The summed E-state index contributed by atoms with van der Waals surface area (Å²) in [6.07, 6.45) is 3.51. The van der Waals surface area contributed by atoms with Gasteiger partial charge in [-0.05, 0) is 52.2 Å². The van der Waals surface area contributed by atoms with Crippen molar-refractivity contribution in [3.8, 4) is 5.75 Å². The van der Waals surface area contributed by atoms with Crippen LogP contribution in [0.2, 0.25) is 0 Å². The van der Waals surface area contributed by atoms with E-state index < -0.39 is 0 Å². The van der Waals surface area contributed by atoms with Gasteiger partial charge in [-0.3, -0.25) is 9.69 Å². The molecule has 2 aliphatic heterocycles. The van der Waals surface area contributed by atoms with Crippen LogP contribution in [0.3, 0.4) is 0 Å². The van der Waals surface area contributed by atoms with Crippen LogP contribution in [0, 0.1) is 0 Å². The maximum Gasteiger partial charge on any atom is 0.237 e. The Balaban J connectivity index is 1.55. The third-order valence-corrected chi connectivity index (χ3v) is 5.72. The van der Waals surface area contributed by atoms with E-state index in [1.807, 2.05) is 19.1 Å². The van der Waals surface area contributed by atoms with Crippen molar-refractivity contribution in [3.05, 3.63) is 24.3 Å². The van der Waals surface area contributed by atoms with Crippen LogP contribution in [0.4, 0.5) is 5.69 Å². The first-order valence-electron chi connectivity index (χ1n) is 10.1. The summed E-state index contributed by atoms with van der Waals surface area (Å²) in [5, 5.41) is 0. The molecule has 0 aromatic heterocycles. The lowest BCUT2D eigenvalue weighted by Crippen LogP contribution is -2.54. The van der Waals surface area contributed by atoms with Crippen LogP contribution >= 0.6 is 0 Å². The van der Waals surface area contributed by atoms with Gasteiger partial charge in [-0.15, -0.1) is 0 Å². The van der Waals surface area contributed by atoms with E-state index in [2.05, 4.69) is 40.7 Å². The van der Waals surface area contributed by atoms with Crippen molar-refractivity contribution in [2.24, 2.45) is 0 Å². The number of carbonyl (C=O) groups is 1. The monoisotopic (exact) mass is 359 g/mol. The molecule has 2 aliphatic rings. The number of hydrogen-bond acceptors (Lipinski definition) is 4. The smallest absolute Gasteiger partial charge is 0.237 e. The van der Waals surface area contributed by atoms with E-state index in [-0.39, 0.29) is 0 Å². The largest absolute Gasteiger partial charge is 0.492 e. The second-order valence-electron chi connectivity index (χ2n) is 7.59. The molecule has 1 aromatic carbocycles. The fourth-order valence-corrected chi connectivity index (χ4v) is 4.33. The highest BCUT2D eigenvalue weighted by molar-refractivity contribution is 5.79. The molecule has 1 aromatic rings. The van der Waals surface area contributed by atoms with Gasteiger partial charge in [0, 0.05) is 38.3 Å². The highest BCUT2D eigenvalue weighted by Crippen LogP contribution is 2.29. The Labute approximate surface area is 157 Å². The maximum absolute atomic E-state index is 12.8. The summed E-state index contributed by atoms with van der Waals surface area (Å²) in [6.45, 7) is 11.3. The van der Waals surface area contributed by atoms with E-state index in [0.717, 1.165) is 44.8 Å². The van der Waals surface area contributed by atoms with Gasteiger partial charge >= 0.3 is 0 Å². The zero-order valence-electron chi connectivity index (χ0n) is 16.5. The van der Waals surface area contributed by atoms with Gasteiger partial charge in [-0.25, -0.2) is 0 Å². The zero-order chi connectivity index (χ0) is 18.5. The first-order valence-corrected chi connectivity index (χ1v) is 10.1. The van der Waals surface area contributed by atoms with Gasteiger partial charge < -0.3 is 14.5 Å². The molecule has 2 atom stereocenters. The molecule has 0 saturated carbocycles. The molecule has 144 valence electrons. The standard InChI is InChI=1S/C21H33N3O2/c1-4-26-20-11-6-5-10-19(20)23-14-12-22(13-15-23)16-21(25)24-17(2)8-7-9-18(24)3/h5-6,10-11,17-18H,4,7-9,12-16H2,1-3H3/t17-,18+. The summed E-state index contributed by atoms with van der Waals surface area (Å²) in [5.41, 5.74) is 1.17. The highest BCUT2D eigenvalue weighted by atomic mass is 16.5. The molecule has 2 saturated heterocycles. The molecule has 1 amide bonds. The lowest BCUT2D eigenvalue weighted by Gasteiger charge is -2.41. The highest BCUT2D eigenvalue weighted by Gasteiger charge is 2.30. The zero-order valence-corrected chi connectivity index (χ0v) is 16.5. The van der Waals surface area contributed by atoms with Gasteiger partial charge in [-0.2, -0.15) is 0 Å². The Kier molecular flexibility index (Phi) is 6.41. The van der Waals surface area contributed by atoms with Gasteiger partial charge in [0.05, 0.1) is 18.8 Å². The predicted molar refractivity (Wildman–Crippen MR) is 106 cm³/mol. The number of anilines is 1. The number of likely N-dealkylation sites (tertiary alicyclic amines) is 1. The minimum Gasteiger partial charge on any atom is -0.492 e. The SMILES string of the molecule is CCOc1ccccc1N1CCN(CC(=O)N2[C@H](C)CCC[C@@H]2C)CC1. The molecular weight excluding hydrogens is 326 g/mol. The predicted octanol–water partition coefficient (Wildman–Crippen LogP) is 3.00. The molecule has 2 heterocycles. The summed E-state index contributed by atoms with van der Waals surface area (Å²) in [4.78, 5) is 19.6. The number of benzene rings is 1. The molecule has 2 fully saturated rings. The Morgan fingerprint density at radius 1 is 1.08 bits per heavy atom. The molecular formula is C21H33N3O2. The topological polar surface area (TPSA) is 36.0 Å². The van der Waals surface area contributed by atoms with E-state index in [0.29, 0.717) is 31.1 Å². The summed E-state index contributed by atoms with van der Waals surface area (Å²) < 4.78 is 5.77. The van der Waals surface area contributed by atoms with Crippen LogP contribution in [0.25, 0.3) is 0 Å². The van der Waals surface area contributed by atoms with Crippen molar-refractivity contribution in [2.75, 3.05) is 44.2 Å². The number of para-hydroxylation sites is 2. The van der Waals surface area contributed by atoms with Crippen LogP contribution in [0.5, 0.6) is 5.75 Å². The fourth-order valence-electron chi connectivity index (χ4n) is 4.33. The quantitative estimate of drug-likeness (QED) is 0.810. The summed E-state index contributed by atoms with van der Waals surface area (Å²) in [5.74, 6) is 1.25. The van der Waals surface area contributed by atoms with Crippen molar-refractivity contribution in [2.45, 2.75) is 52.1 Å². The molecule has 0 radical (unpaired) electrons. The maximum atomic E-state index is 12.8. The number of rotatable bonds is 5. The lowest BCUT2D eigenvalue weighted by molar-refractivity contribution is -0.138.